The van der Waals surface area contributed by atoms with Crippen molar-refractivity contribution in [3.63, 3.8) is 0 Å². The summed E-state index contributed by atoms with van der Waals surface area (Å²) in [4.78, 5) is 12.3. The Hall–Kier alpha value is -1.35. The first kappa shape index (κ1) is 16.0. The SMILES string of the molecule is CCc1cccc(CC)c1NC(=O)CCC1CCCNC1. The molecule has 1 atom stereocenters. The predicted molar refractivity (Wildman–Crippen MR) is 88.7 cm³/mol. The molecule has 0 saturated carbocycles. The number of benzene rings is 1. The summed E-state index contributed by atoms with van der Waals surface area (Å²) in [5.74, 6) is 0.827. The molecule has 1 aliphatic rings. The van der Waals surface area contributed by atoms with E-state index in [-0.39, 0.29) is 5.91 Å². The van der Waals surface area contributed by atoms with E-state index in [1.807, 2.05) is 0 Å². The first-order valence-corrected chi connectivity index (χ1v) is 8.35. The van der Waals surface area contributed by atoms with Crippen LogP contribution in [0, 0.1) is 5.92 Å². The second-order valence-electron chi connectivity index (χ2n) is 5.96. The Morgan fingerprint density at radius 3 is 2.57 bits per heavy atom. The van der Waals surface area contributed by atoms with Crippen molar-refractivity contribution in [2.75, 3.05) is 18.4 Å². The highest BCUT2D eigenvalue weighted by atomic mass is 16.1. The number of hydrogen-bond acceptors (Lipinski definition) is 2. The Bertz CT molecular complexity index is 442. The maximum atomic E-state index is 12.3. The molecular formula is C18H28N2O. The number of nitrogens with one attached hydrogen (secondary N) is 2. The topological polar surface area (TPSA) is 41.1 Å². The van der Waals surface area contributed by atoms with Crippen molar-refractivity contribution in [3.8, 4) is 0 Å². The van der Waals surface area contributed by atoms with Gasteiger partial charge in [-0.05, 0) is 62.2 Å². The van der Waals surface area contributed by atoms with Crippen LogP contribution in [-0.4, -0.2) is 19.0 Å². The number of amides is 1. The van der Waals surface area contributed by atoms with Gasteiger partial charge in [0, 0.05) is 12.1 Å². The molecule has 116 valence electrons. The Balaban J connectivity index is 1.92. The van der Waals surface area contributed by atoms with Crippen LogP contribution in [0.5, 0.6) is 0 Å². The molecular weight excluding hydrogens is 260 g/mol. The van der Waals surface area contributed by atoms with Crippen molar-refractivity contribution < 1.29 is 4.79 Å². The lowest BCUT2D eigenvalue weighted by Gasteiger charge is -2.22. The molecule has 0 radical (unpaired) electrons. The number of carbonyl (C=O) groups excluding carboxylic acids is 1. The third-order valence-electron chi connectivity index (χ3n) is 4.44. The Labute approximate surface area is 128 Å². The molecule has 2 N–H and O–H groups in total. The fraction of sp³-hybridized carbons (Fsp3) is 0.611. The molecule has 0 bridgehead atoms. The highest BCUT2D eigenvalue weighted by Crippen LogP contribution is 2.23. The average molecular weight is 288 g/mol. The molecule has 1 aromatic rings. The summed E-state index contributed by atoms with van der Waals surface area (Å²) < 4.78 is 0. The van der Waals surface area contributed by atoms with Crippen molar-refractivity contribution in [2.24, 2.45) is 5.92 Å². The van der Waals surface area contributed by atoms with E-state index >= 15 is 0 Å². The number of aryl methyl sites for hydroxylation is 2. The van der Waals surface area contributed by atoms with Crippen LogP contribution >= 0.6 is 0 Å². The molecule has 3 heteroatoms. The molecule has 1 unspecified atom stereocenters. The maximum absolute atomic E-state index is 12.3. The fourth-order valence-electron chi connectivity index (χ4n) is 3.11. The smallest absolute Gasteiger partial charge is 0.224 e. The van der Waals surface area contributed by atoms with Gasteiger partial charge < -0.3 is 10.6 Å². The third kappa shape index (κ3) is 4.57. The largest absolute Gasteiger partial charge is 0.326 e. The Kier molecular flexibility index (Phi) is 6.24. The number of piperidine rings is 1. The second kappa shape index (κ2) is 8.18. The molecule has 1 saturated heterocycles. The van der Waals surface area contributed by atoms with Crippen LogP contribution in [0.3, 0.4) is 0 Å². The van der Waals surface area contributed by atoms with Crippen LogP contribution < -0.4 is 10.6 Å². The van der Waals surface area contributed by atoms with Crippen LogP contribution in [0.2, 0.25) is 0 Å². The summed E-state index contributed by atoms with van der Waals surface area (Å²) in [6.45, 7) is 6.47. The number of carbonyl (C=O) groups is 1. The van der Waals surface area contributed by atoms with E-state index in [4.69, 9.17) is 0 Å². The molecule has 3 nitrogen and oxygen atoms in total. The van der Waals surface area contributed by atoms with Gasteiger partial charge >= 0.3 is 0 Å². The van der Waals surface area contributed by atoms with Crippen LogP contribution in [0.1, 0.15) is 50.7 Å². The van der Waals surface area contributed by atoms with Gasteiger partial charge in [-0.1, -0.05) is 32.0 Å². The standard InChI is InChI=1S/C18H28N2O/c1-3-15-8-5-9-16(4-2)18(15)20-17(21)11-10-14-7-6-12-19-13-14/h5,8-9,14,19H,3-4,6-7,10-13H2,1-2H3,(H,20,21). The first-order valence-electron chi connectivity index (χ1n) is 8.35. The minimum Gasteiger partial charge on any atom is -0.326 e. The minimum atomic E-state index is 0.163. The molecule has 1 fully saturated rings. The van der Waals surface area contributed by atoms with Crippen LogP contribution in [0.15, 0.2) is 18.2 Å². The van der Waals surface area contributed by atoms with E-state index < -0.39 is 0 Å². The number of rotatable bonds is 6. The van der Waals surface area contributed by atoms with Gasteiger partial charge in [-0.15, -0.1) is 0 Å². The molecule has 1 heterocycles. The lowest BCUT2D eigenvalue weighted by molar-refractivity contribution is -0.116. The van der Waals surface area contributed by atoms with E-state index in [1.54, 1.807) is 0 Å². The van der Waals surface area contributed by atoms with Gasteiger partial charge in [0.25, 0.3) is 0 Å². The lowest BCUT2D eigenvalue weighted by Crippen LogP contribution is -2.30. The van der Waals surface area contributed by atoms with Crippen molar-refractivity contribution in [3.05, 3.63) is 29.3 Å². The molecule has 0 aliphatic carbocycles. The third-order valence-corrected chi connectivity index (χ3v) is 4.44. The molecule has 1 aliphatic heterocycles. The summed E-state index contributed by atoms with van der Waals surface area (Å²) in [7, 11) is 0. The highest BCUT2D eigenvalue weighted by Gasteiger charge is 2.15. The van der Waals surface area contributed by atoms with Gasteiger partial charge in [0.05, 0.1) is 0 Å². The van der Waals surface area contributed by atoms with Gasteiger partial charge in [0.15, 0.2) is 0 Å². The van der Waals surface area contributed by atoms with Crippen LogP contribution in [0.4, 0.5) is 5.69 Å². The van der Waals surface area contributed by atoms with Crippen molar-refractivity contribution in [1.29, 1.82) is 0 Å². The summed E-state index contributed by atoms with van der Waals surface area (Å²) in [6, 6.07) is 6.31. The summed E-state index contributed by atoms with van der Waals surface area (Å²) in [5.41, 5.74) is 3.53. The van der Waals surface area contributed by atoms with E-state index in [0.717, 1.165) is 38.0 Å². The first-order chi connectivity index (χ1) is 10.2. The van der Waals surface area contributed by atoms with E-state index in [1.165, 1.54) is 24.0 Å². The maximum Gasteiger partial charge on any atom is 0.224 e. The van der Waals surface area contributed by atoms with Crippen LogP contribution in [0.25, 0.3) is 0 Å². The highest BCUT2D eigenvalue weighted by molar-refractivity contribution is 5.92. The monoisotopic (exact) mass is 288 g/mol. The zero-order valence-corrected chi connectivity index (χ0v) is 13.4. The Morgan fingerprint density at radius 1 is 1.29 bits per heavy atom. The molecule has 21 heavy (non-hydrogen) atoms. The predicted octanol–water partition coefficient (Wildman–Crippen LogP) is 3.53. The van der Waals surface area contributed by atoms with Crippen LogP contribution in [-0.2, 0) is 17.6 Å². The van der Waals surface area contributed by atoms with Gasteiger partial charge in [-0.3, -0.25) is 4.79 Å². The normalized spacial score (nSPS) is 18.5. The van der Waals surface area contributed by atoms with Gasteiger partial charge in [-0.2, -0.15) is 0 Å². The zero-order chi connectivity index (χ0) is 15.1. The summed E-state index contributed by atoms with van der Waals surface area (Å²) in [5, 5.41) is 6.57. The average Bonchev–Trinajstić information content (AvgIpc) is 2.54. The van der Waals surface area contributed by atoms with Crippen molar-refractivity contribution >= 4 is 11.6 Å². The quantitative estimate of drug-likeness (QED) is 0.841. The number of para-hydroxylation sites is 1. The molecule has 1 amide bonds. The van der Waals surface area contributed by atoms with Crippen molar-refractivity contribution in [2.45, 2.75) is 52.4 Å². The fourth-order valence-corrected chi connectivity index (χ4v) is 3.11. The number of hydrogen-bond donors (Lipinski definition) is 2. The van der Waals surface area contributed by atoms with Gasteiger partial charge in [-0.25, -0.2) is 0 Å². The zero-order valence-electron chi connectivity index (χ0n) is 13.4. The second-order valence-corrected chi connectivity index (χ2v) is 5.96. The summed E-state index contributed by atoms with van der Waals surface area (Å²) >= 11 is 0. The minimum absolute atomic E-state index is 0.163. The van der Waals surface area contributed by atoms with Gasteiger partial charge in [0.1, 0.15) is 0 Å². The molecule has 0 aromatic heterocycles. The summed E-state index contributed by atoms with van der Waals surface area (Å²) in [6.07, 6.45) is 6.03. The molecule has 0 spiro atoms. The molecule has 2 rings (SSSR count). The van der Waals surface area contributed by atoms with E-state index in [0.29, 0.717) is 12.3 Å². The Morgan fingerprint density at radius 2 is 2.00 bits per heavy atom. The van der Waals surface area contributed by atoms with E-state index in [2.05, 4.69) is 42.7 Å². The van der Waals surface area contributed by atoms with Gasteiger partial charge in [0.2, 0.25) is 5.91 Å². The van der Waals surface area contributed by atoms with Crippen molar-refractivity contribution in [1.82, 2.24) is 5.32 Å². The molecule has 1 aromatic carbocycles. The lowest BCUT2D eigenvalue weighted by atomic mass is 9.94. The number of anilines is 1. The van der Waals surface area contributed by atoms with E-state index in [9.17, 15) is 4.79 Å².